The Morgan fingerprint density at radius 3 is 2.04 bits per heavy atom. The van der Waals surface area contributed by atoms with Gasteiger partial charge in [-0.3, -0.25) is 4.79 Å². The van der Waals surface area contributed by atoms with Crippen molar-refractivity contribution >= 4 is 18.2 Å². The number of nitrogens with zero attached hydrogens (tertiary/aromatic N) is 3. The minimum Gasteiger partial charge on any atom is -0.265 e. The molecule has 116 valence electrons. The second-order valence-corrected chi connectivity index (χ2v) is 5.48. The van der Waals surface area contributed by atoms with Crippen molar-refractivity contribution in [2.75, 3.05) is 4.90 Å². The van der Waals surface area contributed by atoms with Gasteiger partial charge in [0.05, 0.1) is 5.69 Å². The van der Waals surface area contributed by atoms with Gasteiger partial charge in [0.15, 0.2) is 0 Å². The molecule has 0 aliphatic carbocycles. The molecule has 1 aliphatic rings. The second-order valence-electron chi connectivity index (χ2n) is 5.48. The Morgan fingerprint density at radius 1 is 0.833 bits per heavy atom. The van der Waals surface area contributed by atoms with Crippen molar-refractivity contribution in [3.05, 3.63) is 94.3 Å². The molecule has 0 N–H and O–H groups in total. The number of hydrogen-bond donors (Lipinski definition) is 0. The summed E-state index contributed by atoms with van der Waals surface area (Å²) in [6, 6.07) is 20.0. The third-order valence-electron chi connectivity index (χ3n) is 3.94. The van der Waals surface area contributed by atoms with E-state index >= 15 is 0 Å². The molecule has 0 unspecified atom stereocenters. The highest BCUT2D eigenvalue weighted by molar-refractivity contribution is 6.05. The molecule has 5 nitrogen and oxygen atoms in total. The SMILES string of the molecule is C=c1cc2[n+](n(-c3ccccc3)c1=O)=CN(c1ccccc1)C2=O. The zero-order valence-corrected chi connectivity index (χ0v) is 12.8. The number of carbonyl (C=O) groups excluding carboxylic acids is 1. The molecule has 0 radical (unpaired) electrons. The van der Waals surface area contributed by atoms with Gasteiger partial charge in [0.25, 0.3) is 11.9 Å². The van der Waals surface area contributed by atoms with Gasteiger partial charge in [-0.1, -0.05) is 43.0 Å². The molecule has 0 bridgehead atoms. The van der Waals surface area contributed by atoms with E-state index in [4.69, 9.17) is 0 Å². The van der Waals surface area contributed by atoms with E-state index in [1.54, 1.807) is 10.7 Å². The number of amides is 1. The van der Waals surface area contributed by atoms with E-state index in [-0.39, 0.29) is 16.7 Å². The Bertz CT molecular complexity index is 1100. The zero-order chi connectivity index (χ0) is 16.7. The van der Waals surface area contributed by atoms with Crippen LogP contribution in [0.25, 0.3) is 12.3 Å². The van der Waals surface area contributed by atoms with Crippen molar-refractivity contribution in [3.63, 3.8) is 0 Å². The molecule has 0 spiro atoms. The van der Waals surface area contributed by atoms with E-state index in [1.165, 1.54) is 15.6 Å². The number of fused-ring (bicyclic) bond motifs is 1. The van der Waals surface area contributed by atoms with Crippen LogP contribution in [0.15, 0.2) is 71.5 Å². The number of hydrogen-bond acceptors (Lipinski definition) is 2. The quantitative estimate of drug-likeness (QED) is 0.666. The van der Waals surface area contributed by atoms with Crippen LogP contribution >= 0.6 is 0 Å². The molecule has 1 aliphatic heterocycles. The maximum absolute atomic E-state index is 12.8. The molecule has 4 rings (SSSR count). The molecule has 5 heteroatoms. The first-order valence-electron chi connectivity index (χ1n) is 7.49. The molecule has 0 saturated heterocycles. The Morgan fingerprint density at radius 2 is 1.42 bits per heavy atom. The smallest absolute Gasteiger partial charge is 0.265 e. The molecule has 1 aromatic heterocycles. The Hall–Kier alpha value is -3.47. The summed E-state index contributed by atoms with van der Waals surface area (Å²) in [6.07, 6.45) is 1.63. The van der Waals surface area contributed by atoms with Gasteiger partial charge in [-0.15, -0.1) is 9.04 Å². The van der Waals surface area contributed by atoms with Gasteiger partial charge in [-0.2, -0.15) is 4.90 Å². The lowest BCUT2D eigenvalue weighted by Crippen LogP contribution is -2.48. The highest BCUT2D eigenvalue weighted by atomic mass is 16.2. The van der Waals surface area contributed by atoms with E-state index in [0.29, 0.717) is 11.4 Å². The summed E-state index contributed by atoms with van der Waals surface area (Å²) in [7, 11) is 0. The number of carbonyl (C=O) groups is 1. The molecule has 3 aromatic rings. The normalized spacial score (nSPS) is 12.8. The van der Waals surface area contributed by atoms with Gasteiger partial charge in [-0.05, 0) is 24.3 Å². The van der Waals surface area contributed by atoms with Crippen molar-refractivity contribution in [2.45, 2.75) is 0 Å². The molecule has 24 heavy (non-hydrogen) atoms. The van der Waals surface area contributed by atoms with Crippen LogP contribution in [0.2, 0.25) is 0 Å². The van der Waals surface area contributed by atoms with Crippen LogP contribution in [0.1, 0.15) is 10.5 Å². The predicted molar refractivity (Wildman–Crippen MR) is 90.3 cm³/mol. The number of para-hydroxylation sites is 2. The lowest BCUT2D eigenvalue weighted by atomic mass is 10.2. The van der Waals surface area contributed by atoms with Crippen molar-refractivity contribution in [1.82, 2.24) is 4.68 Å². The molecular formula is C19H14N3O2+. The monoisotopic (exact) mass is 316 g/mol. The number of rotatable bonds is 2. The largest absolute Gasteiger partial charge is 0.388 e. The van der Waals surface area contributed by atoms with Crippen LogP contribution in [0.4, 0.5) is 5.69 Å². The second kappa shape index (κ2) is 5.31. The van der Waals surface area contributed by atoms with Crippen LogP contribution in [0, 0.1) is 6.34 Å². The molecule has 1 amide bonds. The highest BCUT2D eigenvalue weighted by Crippen LogP contribution is 2.17. The molecule has 0 saturated carbocycles. The summed E-state index contributed by atoms with van der Waals surface area (Å²) in [4.78, 5) is 26.9. The average molecular weight is 316 g/mol. The van der Waals surface area contributed by atoms with E-state index < -0.39 is 0 Å². The molecule has 0 fully saturated rings. The first-order valence-corrected chi connectivity index (χ1v) is 7.49. The molecule has 2 aromatic carbocycles. The fourth-order valence-electron chi connectivity index (χ4n) is 2.78. The minimum absolute atomic E-state index is 0.198. The topological polar surface area (TPSA) is 48.2 Å². The molecule has 2 heterocycles. The van der Waals surface area contributed by atoms with Crippen LogP contribution in [0.5, 0.6) is 0 Å². The number of benzene rings is 2. The summed E-state index contributed by atoms with van der Waals surface area (Å²) >= 11 is 0. The summed E-state index contributed by atoms with van der Waals surface area (Å²) in [5.41, 5.74) is 1.55. The van der Waals surface area contributed by atoms with E-state index in [9.17, 15) is 9.59 Å². The third-order valence-corrected chi connectivity index (χ3v) is 3.94. The zero-order valence-electron chi connectivity index (χ0n) is 12.8. The van der Waals surface area contributed by atoms with Crippen molar-refractivity contribution in [3.8, 4) is 5.69 Å². The maximum atomic E-state index is 12.8. The highest BCUT2D eigenvalue weighted by Gasteiger charge is 2.35. The predicted octanol–water partition coefficient (Wildman–Crippen LogP) is 1.16. The van der Waals surface area contributed by atoms with Crippen LogP contribution in [-0.4, -0.2) is 10.6 Å². The van der Waals surface area contributed by atoms with E-state index in [0.717, 1.165) is 5.69 Å². The number of anilines is 1. The Kier molecular flexibility index (Phi) is 3.13. The lowest BCUT2D eigenvalue weighted by Gasteiger charge is -2.02. The summed E-state index contributed by atoms with van der Waals surface area (Å²) in [6.45, 7) is 3.78. The van der Waals surface area contributed by atoms with E-state index in [1.807, 2.05) is 60.7 Å². The molecule has 0 atom stereocenters. The van der Waals surface area contributed by atoms with Crippen LogP contribution in [0.3, 0.4) is 0 Å². The third kappa shape index (κ3) is 2.06. The number of aromatic nitrogens is 2. The summed E-state index contributed by atoms with van der Waals surface area (Å²) in [5.74, 6) is -0.198. The molecular weight excluding hydrogens is 302 g/mol. The minimum atomic E-state index is -0.260. The van der Waals surface area contributed by atoms with Crippen molar-refractivity contribution in [1.29, 1.82) is 0 Å². The van der Waals surface area contributed by atoms with Gasteiger partial charge < -0.3 is 0 Å². The van der Waals surface area contributed by atoms with Crippen LogP contribution < -0.4 is 20.0 Å². The van der Waals surface area contributed by atoms with Crippen molar-refractivity contribution in [2.24, 2.45) is 0 Å². The first kappa shape index (κ1) is 14.1. The lowest BCUT2D eigenvalue weighted by molar-refractivity contribution is -0.599. The Labute approximate surface area is 137 Å². The van der Waals surface area contributed by atoms with Crippen molar-refractivity contribution < 1.29 is 9.15 Å². The first-order chi connectivity index (χ1) is 11.7. The van der Waals surface area contributed by atoms with Gasteiger partial charge in [-0.25, -0.2) is 4.79 Å². The van der Waals surface area contributed by atoms with E-state index in [2.05, 4.69) is 6.58 Å². The standard InChI is InChI=1S/C19H14N3O2/c1-14-12-17-19(24)20(15-8-4-2-5-9-15)13-21(17)22(18(14)23)16-10-6-3-7-11-16/h2-13H,1H2/q+1. The maximum Gasteiger partial charge on any atom is 0.388 e. The Balaban J connectivity index is 2.03. The fourth-order valence-corrected chi connectivity index (χ4v) is 2.78. The van der Waals surface area contributed by atoms with Crippen LogP contribution in [-0.2, 0) is 0 Å². The van der Waals surface area contributed by atoms with Gasteiger partial charge in [0, 0.05) is 11.3 Å². The van der Waals surface area contributed by atoms with Gasteiger partial charge >= 0.3 is 5.91 Å². The summed E-state index contributed by atoms with van der Waals surface area (Å²) < 4.78 is 3.03. The summed E-state index contributed by atoms with van der Waals surface area (Å²) in [5, 5.41) is 0.279. The fraction of sp³-hybridized carbons (Fsp3) is 0. The van der Waals surface area contributed by atoms with Gasteiger partial charge in [0.1, 0.15) is 5.69 Å². The average Bonchev–Trinajstić information content (AvgIpc) is 2.94. The van der Waals surface area contributed by atoms with Gasteiger partial charge in [0.2, 0.25) is 5.69 Å².